The molecule has 0 saturated heterocycles. The van der Waals surface area contributed by atoms with Gasteiger partial charge in [0.2, 0.25) is 0 Å². The van der Waals surface area contributed by atoms with Crippen LogP contribution in [-0.2, 0) is 6.54 Å². The van der Waals surface area contributed by atoms with Gasteiger partial charge >= 0.3 is 0 Å². The van der Waals surface area contributed by atoms with Crippen LogP contribution in [0.5, 0.6) is 0 Å². The molecule has 4 heteroatoms. The molecule has 3 nitrogen and oxygen atoms in total. The van der Waals surface area contributed by atoms with Gasteiger partial charge in [-0.3, -0.25) is 0 Å². The minimum atomic E-state index is -0.248. The molecule has 0 aliphatic rings. The van der Waals surface area contributed by atoms with Gasteiger partial charge in [0.05, 0.1) is 5.56 Å². The summed E-state index contributed by atoms with van der Waals surface area (Å²) in [6.45, 7) is 5.16. The summed E-state index contributed by atoms with van der Waals surface area (Å²) in [5, 5.41) is 3.15. The van der Waals surface area contributed by atoms with Crippen molar-refractivity contribution in [3.8, 4) is 11.3 Å². The van der Waals surface area contributed by atoms with Crippen molar-refractivity contribution in [1.82, 2.24) is 10.3 Å². The van der Waals surface area contributed by atoms with Crippen molar-refractivity contribution in [2.75, 3.05) is 6.54 Å². The van der Waals surface area contributed by atoms with Crippen LogP contribution in [0.1, 0.15) is 18.2 Å². The van der Waals surface area contributed by atoms with Gasteiger partial charge in [-0.2, -0.15) is 0 Å². The third kappa shape index (κ3) is 2.36. The zero-order valence-electron chi connectivity index (χ0n) is 9.96. The van der Waals surface area contributed by atoms with Gasteiger partial charge in [-0.05, 0) is 25.1 Å². The Morgan fingerprint density at radius 3 is 3.00 bits per heavy atom. The number of aryl methyl sites for hydroxylation is 1. The van der Waals surface area contributed by atoms with Crippen LogP contribution >= 0.6 is 0 Å². The smallest absolute Gasteiger partial charge is 0.181 e. The lowest BCUT2D eigenvalue weighted by atomic mass is 10.1. The van der Waals surface area contributed by atoms with E-state index in [0.717, 1.165) is 12.2 Å². The normalized spacial score (nSPS) is 10.8. The zero-order chi connectivity index (χ0) is 12.3. The summed E-state index contributed by atoms with van der Waals surface area (Å²) in [7, 11) is 0. The van der Waals surface area contributed by atoms with E-state index < -0.39 is 0 Å². The van der Waals surface area contributed by atoms with E-state index in [0.29, 0.717) is 23.4 Å². The van der Waals surface area contributed by atoms with E-state index in [9.17, 15) is 4.39 Å². The first kappa shape index (κ1) is 11.8. The molecule has 2 aromatic rings. The van der Waals surface area contributed by atoms with E-state index in [4.69, 9.17) is 4.42 Å². The monoisotopic (exact) mass is 234 g/mol. The largest absolute Gasteiger partial charge is 0.443 e. The molecule has 0 radical (unpaired) electrons. The number of halogens is 1. The van der Waals surface area contributed by atoms with Crippen LogP contribution in [0.25, 0.3) is 11.3 Å². The molecule has 17 heavy (non-hydrogen) atoms. The van der Waals surface area contributed by atoms with Gasteiger partial charge in [0.25, 0.3) is 0 Å². The fourth-order valence-electron chi connectivity index (χ4n) is 1.68. The van der Waals surface area contributed by atoms with E-state index in [1.807, 2.05) is 13.0 Å². The molecule has 1 N–H and O–H groups in total. The highest BCUT2D eigenvalue weighted by Gasteiger charge is 2.15. The second-order valence-electron chi connectivity index (χ2n) is 3.84. The van der Waals surface area contributed by atoms with Crippen LogP contribution in [0.15, 0.2) is 29.0 Å². The van der Waals surface area contributed by atoms with Crippen LogP contribution in [0.2, 0.25) is 0 Å². The van der Waals surface area contributed by atoms with Crippen LogP contribution in [0, 0.1) is 12.7 Å². The van der Waals surface area contributed by atoms with Crippen molar-refractivity contribution < 1.29 is 8.81 Å². The standard InChI is InChI=1S/C13H15FN2O/c1-3-15-7-11-13(17-8-16-11)10-6-4-5-9(2)12(10)14/h4-6,8,15H,3,7H2,1-2H3. The first-order valence-corrected chi connectivity index (χ1v) is 5.62. The number of nitrogens with one attached hydrogen (secondary N) is 1. The maximum absolute atomic E-state index is 14.0. The van der Waals surface area contributed by atoms with Gasteiger partial charge in [0, 0.05) is 6.54 Å². The van der Waals surface area contributed by atoms with Crippen molar-refractivity contribution in [2.45, 2.75) is 20.4 Å². The highest BCUT2D eigenvalue weighted by molar-refractivity contribution is 5.61. The molecule has 0 atom stereocenters. The molecule has 0 aliphatic heterocycles. The molecule has 0 fully saturated rings. The maximum atomic E-state index is 14.0. The lowest BCUT2D eigenvalue weighted by Gasteiger charge is -2.05. The molecular weight excluding hydrogens is 219 g/mol. The van der Waals surface area contributed by atoms with E-state index in [-0.39, 0.29) is 5.82 Å². The van der Waals surface area contributed by atoms with E-state index >= 15 is 0 Å². The first-order valence-electron chi connectivity index (χ1n) is 5.62. The average molecular weight is 234 g/mol. The Kier molecular flexibility index (Phi) is 3.54. The van der Waals surface area contributed by atoms with E-state index in [1.165, 1.54) is 6.39 Å². The Labute approximate surface area is 99.7 Å². The van der Waals surface area contributed by atoms with Crippen molar-refractivity contribution in [2.24, 2.45) is 0 Å². The molecule has 1 heterocycles. The molecule has 0 bridgehead atoms. The average Bonchev–Trinajstić information content (AvgIpc) is 2.78. The Balaban J connectivity index is 2.39. The fourth-order valence-corrected chi connectivity index (χ4v) is 1.68. The Hall–Kier alpha value is -1.68. The van der Waals surface area contributed by atoms with Crippen molar-refractivity contribution in [3.05, 3.63) is 41.7 Å². The topological polar surface area (TPSA) is 38.1 Å². The van der Waals surface area contributed by atoms with Crippen molar-refractivity contribution in [3.63, 3.8) is 0 Å². The van der Waals surface area contributed by atoms with Gasteiger partial charge in [-0.1, -0.05) is 19.1 Å². The van der Waals surface area contributed by atoms with Crippen LogP contribution in [0.4, 0.5) is 4.39 Å². The lowest BCUT2D eigenvalue weighted by molar-refractivity contribution is 0.557. The molecule has 0 aliphatic carbocycles. The molecule has 0 spiro atoms. The van der Waals surface area contributed by atoms with Crippen LogP contribution in [-0.4, -0.2) is 11.5 Å². The molecule has 2 rings (SSSR count). The first-order chi connectivity index (χ1) is 8.24. The van der Waals surface area contributed by atoms with Crippen molar-refractivity contribution >= 4 is 0 Å². The molecule has 1 aromatic carbocycles. The molecule has 90 valence electrons. The SMILES string of the molecule is CCNCc1ncoc1-c1cccc(C)c1F. The summed E-state index contributed by atoms with van der Waals surface area (Å²) in [4.78, 5) is 4.11. The number of benzene rings is 1. The summed E-state index contributed by atoms with van der Waals surface area (Å²) >= 11 is 0. The van der Waals surface area contributed by atoms with Crippen LogP contribution in [0.3, 0.4) is 0 Å². The fraction of sp³-hybridized carbons (Fsp3) is 0.308. The number of rotatable bonds is 4. The maximum Gasteiger partial charge on any atom is 0.181 e. The molecular formula is C13H15FN2O. The van der Waals surface area contributed by atoms with Gasteiger partial charge in [0.1, 0.15) is 11.5 Å². The Morgan fingerprint density at radius 1 is 1.41 bits per heavy atom. The van der Waals surface area contributed by atoms with Crippen molar-refractivity contribution in [1.29, 1.82) is 0 Å². The number of nitrogens with zero attached hydrogens (tertiary/aromatic N) is 1. The number of hydrogen-bond donors (Lipinski definition) is 1. The van der Waals surface area contributed by atoms with E-state index in [1.54, 1.807) is 19.1 Å². The number of hydrogen-bond acceptors (Lipinski definition) is 3. The number of aromatic nitrogens is 1. The molecule has 1 aromatic heterocycles. The predicted molar refractivity (Wildman–Crippen MR) is 64.0 cm³/mol. The Morgan fingerprint density at radius 2 is 2.24 bits per heavy atom. The van der Waals surface area contributed by atoms with Gasteiger partial charge in [0.15, 0.2) is 12.2 Å². The lowest BCUT2D eigenvalue weighted by Crippen LogP contribution is -2.12. The molecule has 0 unspecified atom stereocenters. The van der Waals surface area contributed by atoms with Crippen LogP contribution < -0.4 is 5.32 Å². The Bertz CT molecular complexity index is 508. The van der Waals surface area contributed by atoms with Gasteiger partial charge in [-0.25, -0.2) is 9.37 Å². The number of oxazole rings is 1. The minimum Gasteiger partial charge on any atom is -0.443 e. The summed E-state index contributed by atoms with van der Waals surface area (Å²) < 4.78 is 19.3. The summed E-state index contributed by atoms with van der Waals surface area (Å²) in [6.07, 6.45) is 1.35. The second kappa shape index (κ2) is 5.10. The van der Waals surface area contributed by atoms with Gasteiger partial charge in [-0.15, -0.1) is 0 Å². The zero-order valence-corrected chi connectivity index (χ0v) is 9.96. The third-order valence-electron chi connectivity index (χ3n) is 2.62. The predicted octanol–water partition coefficient (Wildman–Crippen LogP) is 2.90. The summed E-state index contributed by atoms with van der Waals surface area (Å²) in [6, 6.07) is 5.25. The highest BCUT2D eigenvalue weighted by Crippen LogP contribution is 2.27. The third-order valence-corrected chi connectivity index (χ3v) is 2.62. The highest BCUT2D eigenvalue weighted by atomic mass is 19.1. The molecule has 0 saturated carbocycles. The van der Waals surface area contributed by atoms with E-state index in [2.05, 4.69) is 10.3 Å². The summed E-state index contributed by atoms with van der Waals surface area (Å²) in [5.74, 6) is 0.258. The minimum absolute atomic E-state index is 0.248. The molecule has 0 amide bonds. The van der Waals surface area contributed by atoms with Gasteiger partial charge < -0.3 is 9.73 Å². The second-order valence-corrected chi connectivity index (χ2v) is 3.84. The summed E-state index contributed by atoms with van der Waals surface area (Å²) in [5.41, 5.74) is 1.81. The quantitative estimate of drug-likeness (QED) is 0.884.